The summed E-state index contributed by atoms with van der Waals surface area (Å²) in [6.07, 6.45) is 9.58. The third-order valence-corrected chi connectivity index (χ3v) is 8.28. The number of hydrogen-bond donors (Lipinski definition) is 1. The molecule has 4 saturated carbocycles. The van der Waals surface area contributed by atoms with Gasteiger partial charge in [0.15, 0.2) is 11.6 Å². The van der Waals surface area contributed by atoms with Gasteiger partial charge in [0.2, 0.25) is 5.89 Å². The zero-order chi connectivity index (χ0) is 22.7. The molecule has 6 heteroatoms. The Bertz CT molecular complexity index is 1130. The fourth-order valence-corrected chi connectivity index (χ4v) is 5.68. The molecule has 2 aromatic heterocycles. The van der Waals surface area contributed by atoms with Crippen LogP contribution in [0.4, 0.5) is 5.69 Å². The third kappa shape index (κ3) is 3.87. The maximum absolute atomic E-state index is 5.64. The van der Waals surface area contributed by atoms with Gasteiger partial charge in [-0.3, -0.25) is 0 Å². The van der Waals surface area contributed by atoms with E-state index in [0.717, 1.165) is 60.2 Å². The molecular formula is C27H34N4O2. The van der Waals surface area contributed by atoms with E-state index in [4.69, 9.17) is 14.0 Å². The van der Waals surface area contributed by atoms with Crippen molar-refractivity contribution in [3.05, 3.63) is 47.7 Å². The number of anilines is 1. The summed E-state index contributed by atoms with van der Waals surface area (Å²) in [4.78, 5) is 4.84. The second-order valence-corrected chi connectivity index (χ2v) is 11.8. The molecular weight excluding hydrogens is 412 g/mol. The van der Waals surface area contributed by atoms with Crippen LogP contribution in [0.25, 0.3) is 11.3 Å². The van der Waals surface area contributed by atoms with E-state index in [-0.39, 0.29) is 10.8 Å². The Hall–Kier alpha value is -2.63. The highest BCUT2D eigenvalue weighted by atomic mass is 16.5. The molecule has 0 amide bonds. The van der Waals surface area contributed by atoms with Gasteiger partial charge in [-0.15, -0.1) is 0 Å². The standard InChI is InChI=1S/C27H34N4O2/c1-25(2,3)24-29-23(31-33-24)27-12-9-26(10-13-27,11-14-27)17-28-20-6-4-5-19(15-20)22-16-21(30-32-22)18-7-8-18/h4-6,15-16,18,28H,7-14,17H2,1-3H3. The molecule has 1 aromatic carbocycles. The second-order valence-electron chi connectivity index (χ2n) is 11.8. The topological polar surface area (TPSA) is 77.0 Å². The lowest BCUT2D eigenvalue weighted by molar-refractivity contribution is 0.0445. The van der Waals surface area contributed by atoms with Gasteiger partial charge in [0.25, 0.3) is 0 Å². The predicted octanol–water partition coefficient (Wildman–Crippen LogP) is 6.60. The molecule has 0 radical (unpaired) electrons. The number of fused-ring (bicyclic) bond motifs is 3. The van der Waals surface area contributed by atoms with Crippen molar-refractivity contribution in [2.45, 2.75) is 88.9 Å². The zero-order valence-corrected chi connectivity index (χ0v) is 20.0. The van der Waals surface area contributed by atoms with Crippen molar-refractivity contribution in [2.24, 2.45) is 5.41 Å². The van der Waals surface area contributed by atoms with Gasteiger partial charge in [0, 0.05) is 40.6 Å². The van der Waals surface area contributed by atoms with Crippen LogP contribution in [0.2, 0.25) is 0 Å². The van der Waals surface area contributed by atoms with E-state index in [1.54, 1.807) is 0 Å². The first-order valence-corrected chi connectivity index (χ1v) is 12.5. The normalized spacial score (nSPS) is 27.1. The monoisotopic (exact) mass is 446 g/mol. The van der Waals surface area contributed by atoms with Crippen LogP contribution in [0.15, 0.2) is 39.4 Å². The minimum atomic E-state index is -0.0986. The molecule has 33 heavy (non-hydrogen) atoms. The highest BCUT2D eigenvalue weighted by Crippen LogP contribution is 2.57. The van der Waals surface area contributed by atoms with E-state index in [1.165, 1.54) is 32.1 Å². The van der Waals surface area contributed by atoms with Crippen LogP contribution in [-0.4, -0.2) is 21.8 Å². The molecule has 1 N–H and O–H groups in total. The predicted molar refractivity (Wildman–Crippen MR) is 127 cm³/mol. The Balaban J connectivity index is 1.11. The second kappa shape index (κ2) is 7.44. The number of benzene rings is 1. The van der Waals surface area contributed by atoms with Crippen LogP contribution in [0, 0.1) is 5.41 Å². The number of hydrogen-bond acceptors (Lipinski definition) is 6. The van der Waals surface area contributed by atoms with Gasteiger partial charge >= 0.3 is 0 Å². The Labute approximate surface area is 195 Å². The minimum absolute atomic E-state index is 0.0986. The van der Waals surface area contributed by atoms with Crippen molar-refractivity contribution in [2.75, 3.05) is 11.9 Å². The molecule has 3 aromatic rings. The Morgan fingerprint density at radius 3 is 2.39 bits per heavy atom. The number of nitrogens with one attached hydrogen (secondary N) is 1. The van der Waals surface area contributed by atoms with Crippen LogP contribution in [0.5, 0.6) is 0 Å². The van der Waals surface area contributed by atoms with Crippen molar-refractivity contribution in [3.8, 4) is 11.3 Å². The lowest BCUT2D eigenvalue weighted by Gasteiger charge is -2.52. The number of nitrogens with zero attached hydrogens (tertiary/aromatic N) is 3. The molecule has 4 aliphatic carbocycles. The molecule has 0 spiro atoms. The molecule has 0 atom stereocenters. The van der Waals surface area contributed by atoms with Crippen molar-refractivity contribution in [3.63, 3.8) is 0 Å². The Kier molecular flexibility index (Phi) is 4.72. The van der Waals surface area contributed by atoms with Crippen molar-refractivity contribution in [1.29, 1.82) is 0 Å². The molecule has 7 rings (SSSR count). The van der Waals surface area contributed by atoms with Crippen LogP contribution >= 0.6 is 0 Å². The van der Waals surface area contributed by atoms with Gasteiger partial charge in [-0.1, -0.05) is 43.2 Å². The van der Waals surface area contributed by atoms with Gasteiger partial charge < -0.3 is 14.4 Å². The summed E-state index contributed by atoms with van der Waals surface area (Å²) in [6.45, 7) is 7.40. The maximum atomic E-state index is 5.64. The van der Waals surface area contributed by atoms with E-state index < -0.39 is 0 Å². The molecule has 0 unspecified atom stereocenters. The lowest BCUT2D eigenvalue weighted by atomic mass is 9.53. The summed E-state index contributed by atoms with van der Waals surface area (Å²) in [5, 5.41) is 12.4. The van der Waals surface area contributed by atoms with Gasteiger partial charge in [0.05, 0.1) is 5.69 Å². The van der Waals surface area contributed by atoms with E-state index >= 15 is 0 Å². The fourth-order valence-electron chi connectivity index (χ4n) is 5.68. The van der Waals surface area contributed by atoms with Crippen molar-refractivity contribution >= 4 is 5.69 Å². The van der Waals surface area contributed by atoms with Crippen molar-refractivity contribution in [1.82, 2.24) is 15.3 Å². The summed E-state index contributed by atoms with van der Waals surface area (Å²) in [5.41, 5.74) is 3.72. The summed E-state index contributed by atoms with van der Waals surface area (Å²) in [6, 6.07) is 10.7. The minimum Gasteiger partial charge on any atom is -0.384 e. The highest BCUT2D eigenvalue weighted by Gasteiger charge is 2.51. The van der Waals surface area contributed by atoms with Crippen LogP contribution in [0.3, 0.4) is 0 Å². The average molecular weight is 447 g/mol. The van der Waals surface area contributed by atoms with E-state index in [1.807, 2.05) is 0 Å². The molecule has 6 nitrogen and oxygen atoms in total. The molecule has 4 aliphatic rings. The summed E-state index contributed by atoms with van der Waals surface area (Å²) in [7, 11) is 0. The quantitative estimate of drug-likeness (QED) is 0.459. The largest absolute Gasteiger partial charge is 0.384 e. The fraction of sp³-hybridized carbons (Fsp3) is 0.593. The van der Waals surface area contributed by atoms with Gasteiger partial charge in [-0.05, 0) is 68.9 Å². The number of aromatic nitrogens is 3. The SMILES string of the molecule is CC(C)(C)c1nc(C23CCC(CNc4cccc(-c5cc(C6CC6)no5)c4)(CC2)CC3)no1. The Morgan fingerprint density at radius 1 is 0.970 bits per heavy atom. The molecule has 174 valence electrons. The first-order chi connectivity index (χ1) is 15.8. The molecule has 0 saturated heterocycles. The van der Waals surface area contributed by atoms with Crippen LogP contribution in [0.1, 0.15) is 95.5 Å². The lowest BCUT2D eigenvalue weighted by Crippen LogP contribution is -2.47. The van der Waals surface area contributed by atoms with Crippen molar-refractivity contribution < 1.29 is 9.05 Å². The molecule has 2 heterocycles. The highest BCUT2D eigenvalue weighted by molar-refractivity contribution is 5.64. The van der Waals surface area contributed by atoms with Gasteiger partial charge in [-0.2, -0.15) is 4.98 Å². The van der Waals surface area contributed by atoms with E-state index in [2.05, 4.69) is 66.7 Å². The first-order valence-electron chi connectivity index (χ1n) is 12.5. The summed E-state index contributed by atoms with van der Waals surface area (Å²) >= 11 is 0. The molecule has 2 bridgehead atoms. The first kappa shape index (κ1) is 20.9. The Morgan fingerprint density at radius 2 is 1.73 bits per heavy atom. The van der Waals surface area contributed by atoms with Gasteiger partial charge in [-0.25, -0.2) is 0 Å². The zero-order valence-electron chi connectivity index (χ0n) is 20.0. The van der Waals surface area contributed by atoms with Crippen LogP contribution < -0.4 is 5.32 Å². The third-order valence-electron chi connectivity index (χ3n) is 8.28. The molecule has 4 fully saturated rings. The maximum Gasteiger partial charge on any atom is 0.232 e. The summed E-state index contributed by atoms with van der Waals surface area (Å²) < 4.78 is 11.3. The van der Waals surface area contributed by atoms with Crippen LogP contribution in [-0.2, 0) is 10.8 Å². The smallest absolute Gasteiger partial charge is 0.232 e. The van der Waals surface area contributed by atoms with E-state index in [9.17, 15) is 0 Å². The van der Waals surface area contributed by atoms with E-state index in [0.29, 0.717) is 11.3 Å². The van der Waals surface area contributed by atoms with Gasteiger partial charge in [0.1, 0.15) is 0 Å². The molecule has 0 aliphatic heterocycles. The summed E-state index contributed by atoms with van der Waals surface area (Å²) in [5.74, 6) is 3.18. The average Bonchev–Trinajstić information content (AvgIpc) is 3.33. The number of rotatable bonds is 6.